The third kappa shape index (κ3) is 3.46. The molecule has 6 heteroatoms. The largest absolute Gasteiger partial charge is 0.315 e. The number of para-hydroxylation sites is 1. The Bertz CT molecular complexity index is 910. The van der Waals surface area contributed by atoms with Gasteiger partial charge in [-0.3, -0.25) is 4.99 Å². The summed E-state index contributed by atoms with van der Waals surface area (Å²) in [6.07, 6.45) is 0. The van der Waals surface area contributed by atoms with Crippen LogP contribution in [0, 0.1) is 6.92 Å². The van der Waals surface area contributed by atoms with E-state index in [4.69, 9.17) is 4.99 Å². The summed E-state index contributed by atoms with van der Waals surface area (Å²) in [7, 11) is -3.00. The first kappa shape index (κ1) is 16.7. The van der Waals surface area contributed by atoms with Gasteiger partial charge in [-0.2, -0.15) is 0 Å². The Kier molecular flexibility index (Phi) is 4.33. The Morgan fingerprint density at radius 2 is 1.92 bits per heavy atom. The van der Waals surface area contributed by atoms with Crippen LogP contribution < -0.4 is 4.90 Å². The summed E-state index contributed by atoms with van der Waals surface area (Å²) in [5.41, 5.74) is 3.52. The van der Waals surface area contributed by atoms with Crippen molar-refractivity contribution in [1.82, 2.24) is 0 Å². The van der Waals surface area contributed by atoms with E-state index in [0.717, 1.165) is 16.6 Å². The number of sulfone groups is 1. The first-order chi connectivity index (χ1) is 12.0. The van der Waals surface area contributed by atoms with Gasteiger partial charge in [-0.25, -0.2) is 8.42 Å². The van der Waals surface area contributed by atoms with Crippen molar-refractivity contribution in [3.8, 4) is 0 Å². The van der Waals surface area contributed by atoms with E-state index < -0.39 is 9.84 Å². The average molecular weight is 373 g/mol. The Labute approximate surface area is 152 Å². The molecule has 2 atom stereocenters. The van der Waals surface area contributed by atoms with E-state index in [2.05, 4.69) is 36.1 Å². The molecule has 0 saturated carbocycles. The lowest BCUT2D eigenvalue weighted by atomic mass is 10.1. The van der Waals surface area contributed by atoms with Crippen LogP contribution in [0.1, 0.15) is 11.1 Å². The van der Waals surface area contributed by atoms with Crippen LogP contribution >= 0.6 is 11.8 Å². The van der Waals surface area contributed by atoms with E-state index >= 15 is 0 Å². The fraction of sp³-hybridized carbons (Fsp3) is 0.316. The fourth-order valence-corrected chi connectivity index (χ4v) is 6.38. The number of thioether (sulfide) groups is 1. The molecule has 2 aromatic rings. The van der Waals surface area contributed by atoms with E-state index in [0.29, 0.717) is 0 Å². The minimum Gasteiger partial charge on any atom is -0.315 e. The smallest absolute Gasteiger partial charge is 0.164 e. The van der Waals surface area contributed by atoms with Gasteiger partial charge >= 0.3 is 0 Å². The van der Waals surface area contributed by atoms with Crippen LogP contribution in [0.3, 0.4) is 0 Å². The molecule has 25 heavy (non-hydrogen) atoms. The van der Waals surface area contributed by atoms with Crippen LogP contribution in [0.5, 0.6) is 0 Å². The third-order valence-corrected chi connectivity index (χ3v) is 7.33. The minimum absolute atomic E-state index is 0.0765. The van der Waals surface area contributed by atoms with Crippen LogP contribution in [0.15, 0.2) is 59.6 Å². The average Bonchev–Trinajstić information content (AvgIpc) is 3.05. The monoisotopic (exact) mass is 372 g/mol. The zero-order chi connectivity index (χ0) is 17.4. The molecule has 4 rings (SSSR count). The van der Waals surface area contributed by atoms with Crippen LogP contribution in [0.2, 0.25) is 0 Å². The quantitative estimate of drug-likeness (QED) is 0.830. The normalized spacial score (nSPS) is 24.2. The highest BCUT2D eigenvalue weighted by atomic mass is 32.2. The van der Waals surface area contributed by atoms with Crippen molar-refractivity contribution >= 4 is 32.5 Å². The summed E-state index contributed by atoms with van der Waals surface area (Å²) < 4.78 is 24.1. The second-order valence-corrected chi connectivity index (χ2v) is 9.70. The molecule has 0 N–H and O–H groups in total. The van der Waals surface area contributed by atoms with Gasteiger partial charge in [-0.1, -0.05) is 59.8 Å². The Morgan fingerprint density at radius 3 is 2.68 bits per heavy atom. The lowest BCUT2D eigenvalue weighted by molar-refractivity contribution is 0.601. The van der Waals surface area contributed by atoms with Gasteiger partial charge in [0.1, 0.15) is 0 Å². The highest BCUT2D eigenvalue weighted by Crippen LogP contribution is 2.35. The number of anilines is 1. The SMILES string of the molecule is Cc1cccc(CSC2=N[C@@H]3CS(=O)(=O)C[C@@H]3N2c2ccccc2)c1. The third-order valence-electron chi connectivity index (χ3n) is 4.59. The number of hydrogen-bond acceptors (Lipinski definition) is 5. The number of rotatable bonds is 3. The van der Waals surface area contributed by atoms with E-state index in [1.807, 2.05) is 30.3 Å². The number of amidine groups is 1. The summed E-state index contributed by atoms with van der Waals surface area (Å²) in [6, 6.07) is 18.2. The number of fused-ring (bicyclic) bond motifs is 1. The summed E-state index contributed by atoms with van der Waals surface area (Å²) in [5, 5.41) is 0.928. The Morgan fingerprint density at radius 1 is 1.12 bits per heavy atom. The van der Waals surface area contributed by atoms with E-state index in [1.165, 1.54) is 11.1 Å². The van der Waals surface area contributed by atoms with Crippen LogP contribution in [0.4, 0.5) is 5.69 Å². The van der Waals surface area contributed by atoms with Crippen LogP contribution in [-0.2, 0) is 15.6 Å². The van der Waals surface area contributed by atoms with E-state index in [-0.39, 0.29) is 23.6 Å². The van der Waals surface area contributed by atoms with Crippen LogP contribution in [-0.4, -0.2) is 37.2 Å². The molecule has 0 bridgehead atoms. The molecule has 2 aromatic carbocycles. The zero-order valence-electron chi connectivity index (χ0n) is 14.0. The molecular weight excluding hydrogens is 352 g/mol. The lowest BCUT2D eigenvalue weighted by Gasteiger charge is -2.26. The molecule has 0 radical (unpaired) electrons. The van der Waals surface area contributed by atoms with Crippen molar-refractivity contribution in [2.75, 3.05) is 16.4 Å². The zero-order valence-corrected chi connectivity index (χ0v) is 15.6. The maximum atomic E-state index is 12.0. The number of aliphatic imine (C=N–C) groups is 1. The van der Waals surface area contributed by atoms with E-state index in [9.17, 15) is 8.42 Å². The summed E-state index contributed by atoms with van der Waals surface area (Å²) in [6.45, 7) is 2.09. The first-order valence-corrected chi connectivity index (χ1v) is 11.1. The second kappa shape index (κ2) is 6.50. The molecule has 4 nitrogen and oxygen atoms in total. The maximum absolute atomic E-state index is 12.0. The Hall–Kier alpha value is -1.79. The lowest BCUT2D eigenvalue weighted by Crippen LogP contribution is -2.39. The van der Waals surface area contributed by atoms with Gasteiger partial charge in [0.25, 0.3) is 0 Å². The molecule has 1 fully saturated rings. The van der Waals surface area contributed by atoms with Gasteiger partial charge in [0.05, 0.1) is 23.6 Å². The number of aryl methyl sites for hydroxylation is 1. The second-order valence-electron chi connectivity index (χ2n) is 6.61. The highest BCUT2D eigenvalue weighted by Gasteiger charge is 2.47. The molecule has 0 spiro atoms. The molecule has 0 unspecified atom stereocenters. The standard InChI is InChI=1S/C19H20N2O2S2/c1-14-6-5-7-15(10-14)11-24-19-20-17-12-25(22,23)13-18(17)21(19)16-8-3-2-4-9-16/h2-10,17-18H,11-13H2,1H3/t17-,18+/m1/s1. The highest BCUT2D eigenvalue weighted by molar-refractivity contribution is 8.13. The molecule has 2 aliphatic heterocycles. The molecule has 2 aliphatic rings. The van der Waals surface area contributed by atoms with Gasteiger partial charge in [-0.05, 0) is 24.6 Å². The fourth-order valence-electron chi connectivity index (χ4n) is 3.47. The molecule has 0 aliphatic carbocycles. The first-order valence-electron chi connectivity index (χ1n) is 8.33. The minimum atomic E-state index is -3.00. The van der Waals surface area contributed by atoms with Crippen molar-refractivity contribution in [3.05, 3.63) is 65.7 Å². The van der Waals surface area contributed by atoms with Gasteiger partial charge in [-0.15, -0.1) is 0 Å². The van der Waals surface area contributed by atoms with Gasteiger partial charge < -0.3 is 4.90 Å². The number of benzene rings is 2. The van der Waals surface area contributed by atoms with Gasteiger partial charge in [0.2, 0.25) is 0 Å². The molecule has 130 valence electrons. The maximum Gasteiger partial charge on any atom is 0.164 e. The van der Waals surface area contributed by atoms with Gasteiger partial charge in [0.15, 0.2) is 15.0 Å². The summed E-state index contributed by atoms with van der Waals surface area (Å²) in [5.74, 6) is 1.18. The predicted molar refractivity (Wildman–Crippen MR) is 105 cm³/mol. The summed E-state index contributed by atoms with van der Waals surface area (Å²) >= 11 is 1.69. The van der Waals surface area contributed by atoms with Crippen molar-refractivity contribution in [3.63, 3.8) is 0 Å². The van der Waals surface area contributed by atoms with Crippen molar-refractivity contribution in [2.45, 2.75) is 24.8 Å². The molecular formula is C19H20N2O2S2. The molecule has 2 heterocycles. The van der Waals surface area contributed by atoms with Crippen molar-refractivity contribution in [2.24, 2.45) is 4.99 Å². The van der Waals surface area contributed by atoms with Crippen molar-refractivity contribution in [1.29, 1.82) is 0 Å². The van der Waals surface area contributed by atoms with Crippen molar-refractivity contribution < 1.29 is 8.42 Å². The van der Waals surface area contributed by atoms with Gasteiger partial charge in [0, 0.05) is 11.4 Å². The number of hydrogen-bond donors (Lipinski definition) is 0. The summed E-state index contributed by atoms with van der Waals surface area (Å²) in [4.78, 5) is 6.89. The van der Waals surface area contributed by atoms with Crippen LogP contribution in [0.25, 0.3) is 0 Å². The van der Waals surface area contributed by atoms with E-state index in [1.54, 1.807) is 11.8 Å². The number of nitrogens with zero attached hydrogens (tertiary/aromatic N) is 2. The predicted octanol–water partition coefficient (Wildman–Crippen LogP) is 3.27. The molecule has 1 saturated heterocycles. The molecule has 0 aromatic heterocycles. The molecule has 0 amide bonds. The Balaban J connectivity index is 1.60. The topological polar surface area (TPSA) is 49.7 Å².